The Bertz CT molecular complexity index is 740. The third kappa shape index (κ3) is 6.36. The SMILES string of the molecule is CN(C)CCNc1nc(NCCC2=CCCCC2)cc(-c2ccccc2)n1. The second-order valence-electron chi connectivity index (χ2n) is 7.34. The van der Waals surface area contributed by atoms with E-state index in [-0.39, 0.29) is 0 Å². The highest BCUT2D eigenvalue weighted by Crippen LogP contribution is 2.23. The number of likely N-dealkylation sites (N-methyl/N-ethyl adjacent to an activating group) is 1. The van der Waals surface area contributed by atoms with Gasteiger partial charge in [0, 0.05) is 31.3 Å². The maximum atomic E-state index is 4.71. The number of allylic oxidation sites excluding steroid dienone is 1. The van der Waals surface area contributed by atoms with E-state index < -0.39 is 0 Å². The van der Waals surface area contributed by atoms with Crippen LogP contribution >= 0.6 is 0 Å². The summed E-state index contributed by atoms with van der Waals surface area (Å²) in [4.78, 5) is 11.5. The Balaban J connectivity index is 1.69. The van der Waals surface area contributed by atoms with Crippen molar-refractivity contribution in [2.45, 2.75) is 32.1 Å². The van der Waals surface area contributed by atoms with Gasteiger partial charge in [0.2, 0.25) is 5.95 Å². The van der Waals surface area contributed by atoms with E-state index in [1.807, 2.05) is 24.3 Å². The molecule has 1 heterocycles. The monoisotopic (exact) mass is 365 g/mol. The first-order valence-corrected chi connectivity index (χ1v) is 9.95. The quantitative estimate of drug-likeness (QED) is 0.644. The molecule has 1 aliphatic rings. The molecule has 3 rings (SSSR count). The Morgan fingerprint density at radius 2 is 1.85 bits per heavy atom. The van der Waals surface area contributed by atoms with Crippen molar-refractivity contribution in [3.63, 3.8) is 0 Å². The van der Waals surface area contributed by atoms with Crippen molar-refractivity contribution in [1.82, 2.24) is 14.9 Å². The van der Waals surface area contributed by atoms with Crippen LogP contribution in [0.25, 0.3) is 11.3 Å². The van der Waals surface area contributed by atoms with Gasteiger partial charge in [-0.2, -0.15) is 4.98 Å². The largest absolute Gasteiger partial charge is 0.370 e. The summed E-state index contributed by atoms with van der Waals surface area (Å²) in [6.07, 6.45) is 8.66. The highest BCUT2D eigenvalue weighted by molar-refractivity contribution is 5.64. The zero-order valence-corrected chi connectivity index (χ0v) is 16.5. The zero-order valence-electron chi connectivity index (χ0n) is 16.5. The molecule has 2 aromatic rings. The van der Waals surface area contributed by atoms with E-state index in [1.54, 1.807) is 5.57 Å². The Morgan fingerprint density at radius 3 is 2.59 bits per heavy atom. The fraction of sp³-hybridized carbons (Fsp3) is 0.455. The first kappa shape index (κ1) is 19.4. The molecule has 2 N–H and O–H groups in total. The molecule has 5 heteroatoms. The summed E-state index contributed by atoms with van der Waals surface area (Å²) in [5, 5.41) is 6.85. The van der Waals surface area contributed by atoms with Gasteiger partial charge in [-0.05, 0) is 46.2 Å². The van der Waals surface area contributed by atoms with Crippen LogP contribution in [0, 0.1) is 0 Å². The van der Waals surface area contributed by atoms with Crippen molar-refractivity contribution in [1.29, 1.82) is 0 Å². The van der Waals surface area contributed by atoms with Gasteiger partial charge in [0.05, 0.1) is 5.69 Å². The van der Waals surface area contributed by atoms with Crippen LogP contribution in [0.4, 0.5) is 11.8 Å². The van der Waals surface area contributed by atoms with Crippen molar-refractivity contribution in [3.05, 3.63) is 48.0 Å². The maximum Gasteiger partial charge on any atom is 0.225 e. The molecular weight excluding hydrogens is 334 g/mol. The zero-order chi connectivity index (χ0) is 18.9. The summed E-state index contributed by atoms with van der Waals surface area (Å²) in [5.74, 6) is 1.56. The van der Waals surface area contributed by atoms with E-state index in [0.29, 0.717) is 5.95 Å². The van der Waals surface area contributed by atoms with Crippen molar-refractivity contribution in [3.8, 4) is 11.3 Å². The van der Waals surface area contributed by atoms with Crippen molar-refractivity contribution in [2.24, 2.45) is 0 Å². The van der Waals surface area contributed by atoms with Crippen LogP contribution in [0.3, 0.4) is 0 Å². The van der Waals surface area contributed by atoms with E-state index in [4.69, 9.17) is 4.98 Å². The minimum atomic E-state index is 0.678. The Hall–Kier alpha value is -2.40. The molecule has 0 unspecified atom stereocenters. The van der Waals surface area contributed by atoms with Crippen LogP contribution < -0.4 is 10.6 Å². The van der Waals surface area contributed by atoms with Crippen LogP contribution in [0.1, 0.15) is 32.1 Å². The lowest BCUT2D eigenvalue weighted by molar-refractivity contribution is 0.425. The Labute approximate surface area is 162 Å². The summed E-state index contributed by atoms with van der Waals surface area (Å²) in [6.45, 7) is 2.67. The molecule has 0 bridgehead atoms. The van der Waals surface area contributed by atoms with Crippen molar-refractivity contribution >= 4 is 11.8 Å². The van der Waals surface area contributed by atoms with E-state index in [2.05, 4.69) is 52.8 Å². The molecule has 0 radical (unpaired) electrons. The number of benzene rings is 1. The molecule has 1 aliphatic carbocycles. The van der Waals surface area contributed by atoms with Gasteiger partial charge in [-0.15, -0.1) is 0 Å². The molecule has 1 aromatic heterocycles. The molecule has 5 nitrogen and oxygen atoms in total. The summed E-state index contributed by atoms with van der Waals surface area (Å²) in [5.41, 5.74) is 3.63. The van der Waals surface area contributed by atoms with Crippen LogP contribution in [0.2, 0.25) is 0 Å². The lowest BCUT2D eigenvalue weighted by atomic mass is 9.97. The lowest BCUT2D eigenvalue weighted by Crippen LogP contribution is -2.21. The molecule has 0 aliphatic heterocycles. The molecular formula is C22H31N5. The third-order valence-electron chi connectivity index (χ3n) is 4.78. The number of aromatic nitrogens is 2. The van der Waals surface area contributed by atoms with Gasteiger partial charge in [0.1, 0.15) is 5.82 Å². The smallest absolute Gasteiger partial charge is 0.225 e. The average Bonchev–Trinajstić information content (AvgIpc) is 2.69. The highest BCUT2D eigenvalue weighted by atomic mass is 15.2. The highest BCUT2D eigenvalue weighted by Gasteiger charge is 2.08. The fourth-order valence-electron chi connectivity index (χ4n) is 3.25. The van der Waals surface area contributed by atoms with Crippen molar-refractivity contribution < 1.29 is 0 Å². The molecule has 144 valence electrons. The summed E-state index contributed by atoms with van der Waals surface area (Å²) in [6, 6.07) is 12.3. The minimum Gasteiger partial charge on any atom is -0.370 e. The molecule has 0 spiro atoms. The number of nitrogens with zero attached hydrogens (tertiary/aromatic N) is 3. The van der Waals surface area contributed by atoms with E-state index in [9.17, 15) is 0 Å². The topological polar surface area (TPSA) is 53.1 Å². The first-order chi connectivity index (χ1) is 13.2. The van der Waals surface area contributed by atoms with Gasteiger partial charge in [0.25, 0.3) is 0 Å². The normalized spacial score (nSPS) is 14.1. The second kappa shape index (κ2) is 10.1. The van der Waals surface area contributed by atoms with E-state index >= 15 is 0 Å². The number of rotatable bonds is 9. The van der Waals surface area contributed by atoms with Crippen LogP contribution in [0.5, 0.6) is 0 Å². The van der Waals surface area contributed by atoms with Crippen LogP contribution in [-0.2, 0) is 0 Å². The van der Waals surface area contributed by atoms with Gasteiger partial charge >= 0.3 is 0 Å². The van der Waals surface area contributed by atoms with Gasteiger partial charge < -0.3 is 15.5 Å². The molecule has 1 aromatic carbocycles. The van der Waals surface area contributed by atoms with Gasteiger partial charge in [-0.1, -0.05) is 42.0 Å². The van der Waals surface area contributed by atoms with Gasteiger partial charge in [0.15, 0.2) is 0 Å². The minimum absolute atomic E-state index is 0.678. The predicted octanol–water partition coefficient (Wildman–Crippen LogP) is 4.42. The van der Waals surface area contributed by atoms with Crippen molar-refractivity contribution in [2.75, 3.05) is 44.4 Å². The predicted molar refractivity (Wildman–Crippen MR) is 114 cm³/mol. The fourth-order valence-corrected chi connectivity index (χ4v) is 3.25. The summed E-state index contributed by atoms with van der Waals surface area (Å²) >= 11 is 0. The van der Waals surface area contributed by atoms with E-state index in [1.165, 1.54) is 25.7 Å². The molecule has 0 saturated heterocycles. The van der Waals surface area contributed by atoms with E-state index in [0.717, 1.165) is 43.1 Å². The first-order valence-electron chi connectivity index (χ1n) is 9.95. The Morgan fingerprint density at radius 1 is 1.00 bits per heavy atom. The number of nitrogens with one attached hydrogen (secondary N) is 2. The number of hydrogen-bond donors (Lipinski definition) is 2. The summed E-state index contributed by atoms with van der Waals surface area (Å²) in [7, 11) is 4.13. The molecule has 27 heavy (non-hydrogen) atoms. The van der Waals surface area contributed by atoms with Gasteiger partial charge in [-0.3, -0.25) is 0 Å². The van der Waals surface area contributed by atoms with Crippen LogP contribution in [0.15, 0.2) is 48.0 Å². The summed E-state index contributed by atoms with van der Waals surface area (Å²) < 4.78 is 0. The lowest BCUT2D eigenvalue weighted by Gasteiger charge is -2.15. The number of hydrogen-bond acceptors (Lipinski definition) is 5. The third-order valence-corrected chi connectivity index (χ3v) is 4.78. The van der Waals surface area contributed by atoms with Crippen LogP contribution in [-0.4, -0.2) is 48.6 Å². The number of anilines is 2. The molecule has 0 amide bonds. The Kier molecular flexibility index (Phi) is 7.22. The maximum absolute atomic E-state index is 4.71. The standard InChI is InChI=1S/C22H31N5/c1-27(2)16-15-24-22-25-20(19-11-7-4-8-12-19)17-21(26-22)23-14-13-18-9-5-3-6-10-18/h4,7-9,11-12,17H,3,5-6,10,13-16H2,1-2H3,(H2,23,24,25,26). The molecule has 0 atom stereocenters. The average molecular weight is 366 g/mol. The molecule has 0 saturated carbocycles. The molecule has 0 fully saturated rings. The van der Waals surface area contributed by atoms with Gasteiger partial charge in [-0.25, -0.2) is 4.98 Å². The second-order valence-corrected chi connectivity index (χ2v) is 7.34.